The van der Waals surface area contributed by atoms with Gasteiger partial charge in [-0.05, 0) is 61.6 Å². The molecule has 5 amide bonds. The van der Waals surface area contributed by atoms with Crippen molar-refractivity contribution in [1.29, 1.82) is 0 Å². The SMILES string of the molecule is Cc1cccc(NC(=O)CN2CCN(C(=O)CN3C(=O)N[C@@]4(C[C@@H](C)CC(C)(C)C4)C3=O)CC2)c1C. The zero-order valence-electron chi connectivity index (χ0n) is 22.1. The zero-order chi connectivity index (χ0) is 26.3. The topological polar surface area (TPSA) is 102 Å². The molecule has 9 nitrogen and oxygen atoms in total. The number of carbonyl (C=O) groups excluding carboxylic acids is 4. The average Bonchev–Trinajstić information content (AvgIpc) is 2.99. The van der Waals surface area contributed by atoms with E-state index in [1.807, 2.05) is 36.9 Å². The molecule has 0 unspecified atom stereocenters. The van der Waals surface area contributed by atoms with Gasteiger partial charge in [-0.25, -0.2) is 4.79 Å². The van der Waals surface area contributed by atoms with Crippen LogP contribution >= 0.6 is 0 Å². The minimum atomic E-state index is -0.903. The molecule has 0 aromatic heterocycles. The van der Waals surface area contributed by atoms with Gasteiger partial charge in [0.05, 0.1) is 6.54 Å². The Bertz CT molecular complexity index is 1060. The second kappa shape index (κ2) is 9.84. The van der Waals surface area contributed by atoms with Crippen LogP contribution in [0.15, 0.2) is 18.2 Å². The van der Waals surface area contributed by atoms with Gasteiger partial charge in [-0.2, -0.15) is 0 Å². The number of carbonyl (C=O) groups is 4. The standard InChI is InChI=1S/C27H39N5O4/c1-18-13-26(4,5)17-27(14-18)24(35)32(25(36)29-27)16-23(34)31-11-9-30(10-12-31)15-22(33)28-21-8-6-7-19(2)20(21)3/h6-8,18H,9-17H2,1-5H3,(H,28,33)(H,29,36)/t18-,27+/m0/s1. The summed E-state index contributed by atoms with van der Waals surface area (Å²) in [6.07, 6.45) is 2.20. The van der Waals surface area contributed by atoms with E-state index in [1.165, 1.54) is 0 Å². The van der Waals surface area contributed by atoms with Crippen molar-refractivity contribution >= 4 is 29.4 Å². The lowest BCUT2D eigenvalue weighted by molar-refractivity contribution is -0.141. The average molecular weight is 498 g/mol. The summed E-state index contributed by atoms with van der Waals surface area (Å²) in [5.74, 6) is -0.285. The van der Waals surface area contributed by atoms with E-state index in [1.54, 1.807) is 4.90 Å². The molecule has 2 aliphatic heterocycles. The number of nitrogens with zero attached hydrogens (tertiary/aromatic N) is 3. The van der Waals surface area contributed by atoms with Crippen LogP contribution in [0.25, 0.3) is 0 Å². The first-order chi connectivity index (χ1) is 16.9. The number of anilines is 1. The normalized spacial score (nSPS) is 26.3. The van der Waals surface area contributed by atoms with Gasteiger partial charge in [-0.1, -0.05) is 32.9 Å². The second-order valence-corrected chi connectivity index (χ2v) is 11.7. The van der Waals surface area contributed by atoms with Crippen molar-refractivity contribution in [2.24, 2.45) is 11.3 Å². The van der Waals surface area contributed by atoms with Crippen molar-refractivity contribution in [1.82, 2.24) is 20.0 Å². The van der Waals surface area contributed by atoms with E-state index in [0.717, 1.165) is 28.1 Å². The van der Waals surface area contributed by atoms with Gasteiger partial charge in [0.15, 0.2) is 0 Å². The summed E-state index contributed by atoms with van der Waals surface area (Å²) < 4.78 is 0. The van der Waals surface area contributed by atoms with Crippen molar-refractivity contribution in [3.63, 3.8) is 0 Å². The third-order valence-corrected chi connectivity index (χ3v) is 7.89. The predicted octanol–water partition coefficient (Wildman–Crippen LogP) is 2.52. The van der Waals surface area contributed by atoms with E-state index < -0.39 is 11.6 Å². The summed E-state index contributed by atoms with van der Waals surface area (Å²) in [5, 5.41) is 5.91. The zero-order valence-corrected chi connectivity index (χ0v) is 22.1. The molecule has 2 heterocycles. The lowest BCUT2D eigenvalue weighted by Crippen LogP contribution is -2.55. The van der Waals surface area contributed by atoms with E-state index in [4.69, 9.17) is 0 Å². The fourth-order valence-electron chi connectivity index (χ4n) is 6.32. The molecule has 9 heteroatoms. The summed E-state index contributed by atoms with van der Waals surface area (Å²) in [7, 11) is 0. The Morgan fingerprint density at radius 2 is 1.75 bits per heavy atom. The maximum atomic E-state index is 13.3. The van der Waals surface area contributed by atoms with E-state index in [9.17, 15) is 19.2 Å². The Labute approximate surface area is 213 Å². The lowest BCUT2D eigenvalue weighted by atomic mass is 9.64. The molecular formula is C27H39N5O4. The highest BCUT2D eigenvalue weighted by Gasteiger charge is 2.56. The molecule has 1 spiro atoms. The second-order valence-electron chi connectivity index (χ2n) is 11.7. The first-order valence-corrected chi connectivity index (χ1v) is 12.9. The van der Waals surface area contributed by atoms with Crippen LogP contribution in [0.5, 0.6) is 0 Å². The Balaban J connectivity index is 1.28. The van der Waals surface area contributed by atoms with Gasteiger partial charge in [0.1, 0.15) is 12.1 Å². The molecule has 0 bridgehead atoms. The van der Waals surface area contributed by atoms with Gasteiger partial charge in [-0.3, -0.25) is 24.2 Å². The van der Waals surface area contributed by atoms with E-state index in [0.29, 0.717) is 44.9 Å². The minimum absolute atomic E-state index is 0.0543. The lowest BCUT2D eigenvalue weighted by Gasteiger charge is -2.43. The highest BCUT2D eigenvalue weighted by molar-refractivity contribution is 6.09. The molecule has 2 atom stereocenters. The van der Waals surface area contributed by atoms with Crippen molar-refractivity contribution < 1.29 is 19.2 Å². The van der Waals surface area contributed by atoms with Gasteiger partial charge < -0.3 is 15.5 Å². The van der Waals surface area contributed by atoms with Crippen LogP contribution in [0.3, 0.4) is 0 Å². The third kappa shape index (κ3) is 5.40. The van der Waals surface area contributed by atoms with Gasteiger partial charge in [0, 0.05) is 31.9 Å². The van der Waals surface area contributed by atoms with Crippen LogP contribution in [0.4, 0.5) is 10.5 Å². The monoisotopic (exact) mass is 497 g/mol. The number of piperazine rings is 1. The summed E-state index contributed by atoms with van der Waals surface area (Å²) in [5.41, 5.74) is 2.03. The molecule has 1 aromatic rings. The van der Waals surface area contributed by atoms with Crippen molar-refractivity contribution in [2.45, 2.75) is 59.4 Å². The summed E-state index contributed by atoms with van der Waals surface area (Å²) >= 11 is 0. The highest BCUT2D eigenvalue weighted by atomic mass is 16.2. The number of urea groups is 1. The number of imide groups is 1. The molecule has 2 N–H and O–H groups in total. The quantitative estimate of drug-likeness (QED) is 0.609. The largest absolute Gasteiger partial charge is 0.339 e. The van der Waals surface area contributed by atoms with Gasteiger partial charge in [0.2, 0.25) is 11.8 Å². The number of nitrogens with one attached hydrogen (secondary N) is 2. The van der Waals surface area contributed by atoms with E-state index >= 15 is 0 Å². The molecule has 1 saturated carbocycles. The van der Waals surface area contributed by atoms with Crippen LogP contribution in [0.1, 0.15) is 51.2 Å². The number of hydrogen-bond donors (Lipinski definition) is 2. The summed E-state index contributed by atoms with van der Waals surface area (Å²) in [6.45, 7) is 12.4. The Morgan fingerprint density at radius 1 is 1.06 bits per heavy atom. The summed E-state index contributed by atoms with van der Waals surface area (Å²) in [4.78, 5) is 56.4. The molecule has 4 rings (SSSR count). The third-order valence-electron chi connectivity index (χ3n) is 7.89. The van der Waals surface area contributed by atoms with Crippen molar-refractivity contribution in [3.05, 3.63) is 29.3 Å². The molecule has 36 heavy (non-hydrogen) atoms. The number of benzene rings is 1. The van der Waals surface area contributed by atoms with Crippen LogP contribution < -0.4 is 10.6 Å². The molecule has 3 aliphatic rings. The first kappa shape index (κ1) is 26.1. The Kier molecular flexibility index (Phi) is 7.14. The highest BCUT2D eigenvalue weighted by Crippen LogP contribution is 2.46. The maximum absolute atomic E-state index is 13.3. The van der Waals surface area contributed by atoms with Gasteiger partial charge in [0.25, 0.3) is 5.91 Å². The maximum Gasteiger partial charge on any atom is 0.325 e. The fourth-order valence-corrected chi connectivity index (χ4v) is 6.32. The Hall–Kier alpha value is -2.94. The van der Waals surface area contributed by atoms with Crippen LogP contribution in [-0.4, -0.2) is 83.3 Å². The van der Waals surface area contributed by atoms with Crippen LogP contribution in [0.2, 0.25) is 0 Å². The summed E-state index contributed by atoms with van der Waals surface area (Å²) in [6, 6.07) is 5.35. The molecule has 1 aromatic carbocycles. The van der Waals surface area contributed by atoms with Crippen molar-refractivity contribution in [3.8, 4) is 0 Å². The van der Waals surface area contributed by atoms with E-state index in [2.05, 4.69) is 31.4 Å². The van der Waals surface area contributed by atoms with Crippen molar-refractivity contribution in [2.75, 3.05) is 44.6 Å². The molecule has 2 saturated heterocycles. The first-order valence-electron chi connectivity index (χ1n) is 12.9. The van der Waals surface area contributed by atoms with Gasteiger partial charge >= 0.3 is 6.03 Å². The molecule has 196 valence electrons. The number of hydrogen-bond acceptors (Lipinski definition) is 5. The minimum Gasteiger partial charge on any atom is -0.339 e. The molecule has 0 radical (unpaired) electrons. The number of amides is 5. The fraction of sp³-hybridized carbons (Fsp3) is 0.630. The Morgan fingerprint density at radius 3 is 2.42 bits per heavy atom. The van der Waals surface area contributed by atoms with Gasteiger partial charge in [-0.15, -0.1) is 0 Å². The molecule has 3 fully saturated rings. The predicted molar refractivity (Wildman–Crippen MR) is 137 cm³/mol. The van der Waals surface area contributed by atoms with E-state index in [-0.39, 0.29) is 36.2 Å². The molecular weight excluding hydrogens is 458 g/mol. The smallest absolute Gasteiger partial charge is 0.325 e. The number of aryl methyl sites for hydroxylation is 1. The molecule has 1 aliphatic carbocycles. The number of rotatable bonds is 5. The van der Waals surface area contributed by atoms with Crippen LogP contribution in [0, 0.1) is 25.2 Å². The van der Waals surface area contributed by atoms with Crippen LogP contribution in [-0.2, 0) is 14.4 Å².